The van der Waals surface area contributed by atoms with Crippen LogP contribution in [0.2, 0.25) is 0 Å². The molecule has 8 heteroatoms. The van der Waals surface area contributed by atoms with Crippen molar-refractivity contribution in [1.82, 2.24) is 4.90 Å². The third kappa shape index (κ3) is 4.81. The Labute approximate surface area is 200 Å². The molecule has 1 saturated heterocycles. The summed E-state index contributed by atoms with van der Waals surface area (Å²) in [5.41, 5.74) is 2.00. The van der Waals surface area contributed by atoms with E-state index >= 15 is 4.39 Å². The van der Waals surface area contributed by atoms with Gasteiger partial charge in [0.1, 0.15) is 17.2 Å². The number of benzene rings is 2. The number of likely N-dealkylation sites (N-methyl/N-ethyl adjacent to an activating group) is 1. The van der Waals surface area contributed by atoms with E-state index in [1.165, 1.54) is 6.07 Å². The smallest absolute Gasteiger partial charge is 0.410 e. The maximum atomic E-state index is 15.2. The maximum Gasteiger partial charge on any atom is 0.410 e. The Bertz CT molecular complexity index is 1100. The van der Waals surface area contributed by atoms with Crippen LogP contribution < -0.4 is 14.5 Å². The van der Waals surface area contributed by atoms with Gasteiger partial charge in [-0.2, -0.15) is 0 Å². The van der Waals surface area contributed by atoms with Crippen LogP contribution in [-0.4, -0.2) is 62.3 Å². The quantitative estimate of drug-likeness (QED) is 0.661. The molecule has 0 bridgehead atoms. The molecule has 34 heavy (non-hydrogen) atoms. The van der Waals surface area contributed by atoms with Crippen LogP contribution in [-0.2, 0) is 11.2 Å². The highest BCUT2D eigenvalue weighted by molar-refractivity contribution is 6.08. The Morgan fingerprint density at radius 1 is 1.15 bits per heavy atom. The lowest BCUT2D eigenvalue weighted by Gasteiger charge is -2.30. The molecule has 0 unspecified atom stereocenters. The zero-order valence-electron chi connectivity index (χ0n) is 20.4. The molecule has 0 aromatic heterocycles. The number of fused-ring (bicyclic) bond motifs is 1. The number of anilines is 2. The first kappa shape index (κ1) is 23.9. The van der Waals surface area contributed by atoms with E-state index in [0.717, 1.165) is 17.7 Å². The van der Waals surface area contributed by atoms with Crippen molar-refractivity contribution in [3.05, 3.63) is 53.3 Å². The third-order valence-corrected chi connectivity index (χ3v) is 6.37. The van der Waals surface area contributed by atoms with E-state index in [-0.39, 0.29) is 23.9 Å². The number of carbonyl (C=O) groups excluding carboxylic acids is 2. The largest absolute Gasteiger partial charge is 0.497 e. The van der Waals surface area contributed by atoms with Crippen molar-refractivity contribution in [3.8, 4) is 5.75 Å². The van der Waals surface area contributed by atoms with Gasteiger partial charge in [0.25, 0.3) is 5.91 Å². The van der Waals surface area contributed by atoms with E-state index < -0.39 is 5.60 Å². The highest BCUT2D eigenvalue weighted by atomic mass is 19.1. The van der Waals surface area contributed by atoms with Crippen LogP contribution in [0.1, 0.15) is 43.1 Å². The summed E-state index contributed by atoms with van der Waals surface area (Å²) in [6.45, 7) is 7.12. The lowest BCUT2D eigenvalue weighted by Crippen LogP contribution is -2.42. The van der Waals surface area contributed by atoms with Crippen LogP contribution in [0.15, 0.2) is 36.4 Å². The molecule has 0 spiro atoms. The normalized spacial score (nSPS) is 18.1. The Kier molecular flexibility index (Phi) is 6.43. The molecule has 1 fully saturated rings. The van der Waals surface area contributed by atoms with Gasteiger partial charge >= 0.3 is 6.09 Å². The number of methoxy groups -OCH3 is 1. The topological polar surface area (TPSA) is 62.3 Å². The van der Waals surface area contributed by atoms with Crippen LogP contribution in [0.5, 0.6) is 5.75 Å². The summed E-state index contributed by atoms with van der Waals surface area (Å²) in [5, 5.41) is 0. The Balaban J connectivity index is 1.46. The van der Waals surface area contributed by atoms with Crippen molar-refractivity contribution in [1.29, 1.82) is 0 Å². The van der Waals surface area contributed by atoms with E-state index in [1.807, 2.05) is 31.7 Å². The molecule has 2 aliphatic heterocycles. The van der Waals surface area contributed by atoms with E-state index in [0.29, 0.717) is 43.0 Å². The highest BCUT2D eigenvalue weighted by Gasteiger charge is 2.32. The minimum Gasteiger partial charge on any atom is -0.497 e. The molecule has 2 heterocycles. The molecule has 2 aliphatic rings. The second-order valence-electron chi connectivity index (χ2n) is 9.85. The number of hydrogen-bond donors (Lipinski definition) is 0. The minimum absolute atomic E-state index is 0.0638. The second kappa shape index (κ2) is 9.16. The average Bonchev–Trinajstić information content (AvgIpc) is 3.27. The summed E-state index contributed by atoms with van der Waals surface area (Å²) in [5.74, 6) is 0.194. The van der Waals surface area contributed by atoms with E-state index in [1.54, 1.807) is 48.2 Å². The Morgan fingerprint density at radius 2 is 1.91 bits per heavy atom. The molecule has 0 N–H and O–H groups in total. The van der Waals surface area contributed by atoms with E-state index in [4.69, 9.17) is 9.47 Å². The predicted octanol–water partition coefficient (Wildman–Crippen LogP) is 4.48. The molecule has 0 aliphatic carbocycles. The van der Waals surface area contributed by atoms with Gasteiger partial charge in [-0.15, -0.1) is 0 Å². The average molecular weight is 470 g/mol. The van der Waals surface area contributed by atoms with Crippen molar-refractivity contribution < 1.29 is 23.5 Å². The van der Waals surface area contributed by atoms with Gasteiger partial charge in [0.2, 0.25) is 0 Å². The van der Waals surface area contributed by atoms with E-state index in [2.05, 4.69) is 0 Å². The molecular weight excluding hydrogens is 437 g/mol. The molecule has 0 saturated carbocycles. The molecule has 2 aromatic carbocycles. The fourth-order valence-electron chi connectivity index (χ4n) is 4.52. The second-order valence-corrected chi connectivity index (χ2v) is 9.85. The van der Waals surface area contributed by atoms with Gasteiger partial charge in [-0.05, 0) is 75.6 Å². The summed E-state index contributed by atoms with van der Waals surface area (Å²) in [6.07, 6.45) is 1.02. The first-order valence-corrected chi connectivity index (χ1v) is 11.6. The maximum absolute atomic E-state index is 15.2. The fraction of sp³-hybridized carbons (Fsp3) is 0.462. The first-order valence-electron chi connectivity index (χ1n) is 11.6. The summed E-state index contributed by atoms with van der Waals surface area (Å²) in [7, 11) is 3.32. The standard InChI is InChI=1S/C26H32FN3O4/c1-26(2,3)34-25(32)28(4)19-11-12-29(16-19)23-9-6-18(15-22(23)27)30-13-10-17-14-20(33-5)7-8-21(17)24(30)31/h6-9,14-15,19H,10-13,16H2,1-5H3/t19-/m1/s1. The molecule has 2 amide bonds. The number of rotatable bonds is 4. The molecule has 2 aromatic rings. The number of ether oxygens (including phenoxy) is 2. The third-order valence-electron chi connectivity index (χ3n) is 6.37. The molecular formula is C26H32FN3O4. The van der Waals surface area contributed by atoms with Crippen molar-refractivity contribution in [2.45, 2.75) is 45.3 Å². The fourth-order valence-corrected chi connectivity index (χ4v) is 4.52. The Morgan fingerprint density at radius 3 is 2.59 bits per heavy atom. The van der Waals surface area contributed by atoms with Crippen molar-refractivity contribution in [2.24, 2.45) is 0 Å². The lowest BCUT2D eigenvalue weighted by molar-refractivity contribution is 0.0237. The Hall–Kier alpha value is -3.29. The summed E-state index contributed by atoms with van der Waals surface area (Å²) in [6, 6.07) is 10.3. The van der Waals surface area contributed by atoms with Crippen LogP contribution in [0.25, 0.3) is 0 Å². The number of hydrogen-bond acceptors (Lipinski definition) is 5. The van der Waals surface area contributed by atoms with Crippen LogP contribution in [0.3, 0.4) is 0 Å². The van der Waals surface area contributed by atoms with Crippen molar-refractivity contribution in [2.75, 3.05) is 43.6 Å². The number of nitrogens with zero attached hydrogens (tertiary/aromatic N) is 3. The number of carbonyl (C=O) groups is 2. The van der Waals surface area contributed by atoms with Gasteiger partial charge in [0.15, 0.2) is 0 Å². The molecule has 4 rings (SSSR count). The van der Waals surface area contributed by atoms with E-state index in [9.17, 15) is 9.59 Å². The zero-order valence-corrected chi connectivity index (χ0v) is 20.4. The molecule has 1 atom stereocenters. The van der Waals surface area contributed by atoms with Gasteiger partial charge < -0.3 is 24.2 Å². The van der Waals surface area contributed by atoms with Crippen molar-refractivity contribution >= 4 is 23.4 Å². The van der Waals surface area contributed by atoms with Gasteiger partial charge in [0.05, 0.1) is 18.8 Å². The molecule has 7 nitrogen and oxygen atoms in total. The SMILES string of the molecule is COc1ccc2c(c1)CCN(c1ccc(N3CC[C@@H](N(C)C(=O)OC(C)(C)C)C3)c(F)c1)C2=O. The van der Waals surface area contributed by atoms with Gasteiger partial charge in [0, 0.05) is 37.9 Å². The number of halogens is 1. The predicted molar refractivity (Wildman–Crippen MR) is 129 cm³/mol. The van der Waals surface area contributed by atoms with Crippen LogP contribution in [0, 0.1) is 5.82 Å². The molecule has 182 valence electrons. The van der Waals surface area contributed by atoms with Crippen LogP contribution >= 0.6 is 0 Å². The monoisotopic (exact) mass is 469 g/mol. The highest BCUT2D eigenvalue weighted by Crippen LogP contribution is 2.32. The van der Waals surface area contributed by atoms with Crippen LogP contribution in [0.4, 0.5) is 20.6 Å². The zero-order chi connectivity index (χ0) is 24.6. The van der Waals surface area contributed by atoms with Gasteiger partial charge in [-0.25, -0.2) is 9.18 Å². The lowest BCUT2D eigenvalue weighted by atomic mass is 9.98. The first-order chi connectivity index (χ1) is 16.1. The summed E-state index contributed by atoms with van der Waals surface area (Å²) in [4.78, 5) is 30.6. The minimum atomic E-state index is -0.565. The van der Waals surface area contributed by atoms with Gasteiger partial charge in [-0.1, -0.05) is 0 Å². The van der Waals surface area contributed by atoms with Crippen molar-refractivity contribution in [3.63, 3.8) is 0 Å². The van der Waals surface area contributed by atoms with Gasteiger partial charge in [-0.3, -0.25) is 4.79 Å². The number of amides is 2. The molecule has 0 radical (unpaired) electrons. The summed E-state index contributed by atoms with van der Waals surface area (Å²) < 4.78 is 25.9. The summed E-state index contributed by atoms with van der Waals surface area (Å²) >= 11 is 0.